The number of hydrogen-bond donors (Lipinski definition) is 0. The molecule has 0 radical (unpaired) electrons. The van der Waals surface area contributed by atoms with Gasteiger partial charge in [0.1, 0.15) is 11.2 Å². The van der Waals surface area contributed by atoms with Gasteiger partial charge in [0.05, 0.1) is 0 Å². The molecular weight excluding hydrogens is 751 g/mol. The van der Waals surface area contributed by atoms with E-state index in [0.29, 0.717) is 0 Å². The Morgan fingerprint density at radius 1 is 0.258 bits per heavy atom. The smallest absolute Gasteiger partial charge is 0.136 e. The molecule has 0 saturated carbocycles. The van der Waals surface area contributed by atoms with Crippen LogP contribution in [0.1, 0.15) is 0 Å². The quantitative estimate of drug-likeness (QED) is 0.160. The van der Waals surface area contributed by atoms with Crippen LogP contribution in [0.2, 0.25) is 0 Å². The van der Waals surface area contributed by atoms with Gasteiger partial charge in [-0.1, -0.05) is 182 Å². The van der Waals surface area contributed by atoms with Crippen LogP contribution in [0.15, 0.2) is 241 Å². The van der Waals surface area contributed by atoms with Crippen LogP contribution in [0.5, 0.6) is 0 Å². The van der Waals surface area contributed by atoms with Gasteiger partial charge in [-0.2, -0.15) is 0 Å². The third-order valence-corrected chi connectivity index (χ3v) is 12.5. The van der Waals surface area contributed by atoms with E-state index in [-0.39, 0.29) is 0 Å². The fourth-order valence-corrected chi connectivity index (χ4v) is 9.48. The zero-order valence-electron chi connectivity index (χ0n) is 33.9. The van der Waals surface area contributed by atoms with Gasteiger partial charge < -0.3 is 9.32 Å². The Bertz CT molecular complexity index is 3610. The second-order valence-electron chi connectivity index (χ2n) is 16.1. The molecule has 2 nitrogen and oxygen atoms in total. The van der Waals surface area contributed by atoms with E-state index in [1.165, 1.54) is 65.7 Å². The summed E-state index contributed by atoms with van der Waals surface area (Å²) < 4.78 is 6.47. The van der Waals surface area contributed by atoms with Crippen LogP contribution in [0.4, 0.5) is 17.1 Å². The van der Waals surface area contributed by atoms with Crippen molar-refractivity contribution in [3.8, 4) is 44.5 Å². The minimum absolute atomic E-state index is 0.893. The summed E-state index contributed by atoms with van der Waals surface area (Å²) in [6, 6.07) is 85.5. The summed E-state index contributed by atoms with van der Waals surface area (Å²) in [6.45, 7) is 0. The first-order chi connectivity index (χ1) is 30.7. The van der Waals surface area contributed by atoms with Crippen molar-refractivity contribution in [1.82, 2.24) is 0 Å². The minimum Gasteiger partial charge on any atom is -0.456 e. The molecule has 0 fully saturated rings. The SMILES string of the molecule is c1ccc(-c2cc(N(c3ccc(-c4cccc5ccccc45)cc3)c3ccc(-c4cccc5oc6cc7ccccc7cc6c45)cc3)ccc2-c2cccc3ccccc23)cc1. The molecule has 290 valence electrons. The molecule has 0 bridgehead atoms. The molecule has 0 aliphatic rings. The van der Waals surface area contributed by atoms with Crippen LogP contribution >= 0.6 is 0 Å². The lowest BCUT2D eigenvalue weighted by molar-refractivity contribution is 0.669. The standard InChI is InChI=1S/C60H39NO/c1-2-13-42(14-3-1)56-39-49(35-36-55(56)54-25-11-20-41-16-7-9-22-52(41)54)61(47-31-27-43(28-32-47)51-23-10-19-40-15-6-8-21-50(40)51)48-33-29-44(30-34-48)53-24-12-26-58-60(53)57-37-45-17-4-5-18-46(45)38-59(57)62-58/h1-39H. The highest BCUT2D eigenvalue weighted by Crippen LogP contribution is 2.44. The summed E-state index contributed by atoms with van der Waals surface area (Å²) in [5.74, 6) is 0. The molecule has 12 aromatic rings. The molecule has 0 unspecified atom stereocenters. The van der Waals surface area contributed by atoms with Crippen molar-refractivity contribution in [2.24, 2.45) is 0 Å². The van der Waals surface area contributed by atoms with E-state index in [1.54, 1.807) is 0 Å². The molecular formula is C60H39NO. The first-order valence-corrected chi connectivity index (χ1v) is 21.2. The first-order valence-electron chi connectivity index (χ1n) is 21.2. The summed E-state index contributed by atoms with van der Waals surface area (Å²) in [4.78, 5) is 2.38. The second kappa shape index (κ2) is 14.8. The van der Waals surface area contributed by atoms with E-state index < -0.39 is 0 Å². The van der Waals surface area contributed by atoms with E-state index >= 15 is 0 Å². The Balaban J connectivity index is 1.02. The predicted molar refractivity (Wildman–Crippen MR) is 263 cm³/mol. The van der Waals surface area contributed by atoms with Crippen LogP contribution in [0.25, 0.3) is 98.8 Å². The molecule has 0 N–H and O–H groups in total. The summed E-state index contributed by atoms with van der Waals surface area (Å²) in [6.07, 6.45) is 0. The van der Waals surface area contributed by atoms with Gasteiger partial charge in [0, 0.05) is 27.8 Å². The highest BCUT2D eigenvalue weighted by Gasteiger charge is 2.19. The van der Waals surface area contributed by atoms with Crippen molar-refractivity contribution in [1.29, 1.82) is 0 Å². The van der Waals surface area contributed by atoms with Crippen molar-refractivity contribution in [3.63, 3.8) is 0 Å². The molecule has 0 aliphatic heterocycles. The van der Waals surface area contributed by atoms with Gasteiger partial charge in [0.2, 0.25) is 0 Å². The lowest BCUT2D eigenvalue weighted by atomic mass is 9.90. The Labute approximate surface area is 360 Å². The molecule has 1 heterocycles. The number of fused-ring (bicyclic) bond motifs is 6. The zero-order chi connectivity index (χ0) is 41.0. The topological polar surface area (TPSA) is 16.4 Å². The van der Waals surface area contributed by atoms with Gasteiger partial charge in [-0.3, -0.25) is 0 Å². The largest absolute Gasteiger partial charge is 0.456 e. The van der Waals surface area contributed by atoms with Crippen LogP contribution in [-0.2, 0) is 0 Å². The molecule has 2 heteroatoms. The first kappa shape index (κ1) is 35.7. The lowest BCUT2D eigenvalue weighted by Gasteiger charge is -2.27. The normalized spacial score (nSPS) is 11.5. The summed E-state index contributed by atoms with van der Waals surface area (Å²) in [5.41, 5.74) is 14.5. The van der Waals surface area contributed by atoms with Gasteiger partial charge in [-0.25, -0.2) is 0 Å². The highest BCUT2D eigenvalue weighted by atomic mass is 16.3. The molecule has 0 aliphatic carbocycles. The fraction of sp³-hybridized carbons (Fsp3) is 0. The average molecular weight is 790 g/mol. The Morgan fingerprint density at radius 2 is 0.758 bits per heavy atom. The van der Waals surface area contributed by atoms with E-state index in [1.807, 2.05) is 0 Å². The van der Waals surface area contributed by atoms with Crippen molar-refractivity contribution >= 4 is 71.3 Å². The molecule has 0 spiro atoms. The van der Waals surface area contributed by atoms with Gasteiger partial charge in [0.25, 0.3) is 0 Å². The van der Waals surface area contributed by atoms with E-state index in [9.17, 15) is 0 Å². The molecule has 0 amide bonds. The maximum atomic E-state index is 6.47. The van der Waals surface area contributed by atoms with Crippen molar-refractivity contribution in [2.45, 2.75) is 0 Å². The number of furan rings is 1. The van der Waals surface area contributed by atoms with Gasteiger partial charge in [-0.05, 0) is 131 Å². The number of nitrogens with zero attached hydrogens (tertiary/aromatic N) is 1. The zero-order valence-corrected chi connectivity index (χ0v) is 33.9. The maximum Gasteiger partial charge on any atom is 0.136 e. The minimum atomic E-state index is 0.893. The Kier molecular flexibility index (Phi) is 8.53. The van der Waals surface area contributed by atoms with Crippen molar-refractivity contribution in [3.05, 3.63) is 237 Å². The van der Waals surface area contributed by atoms with Crippen LogP contribution in [-0.4, -0.2) is 0 Å². The third-order valence-electron chi connectivity index (χ3n) is 12.5. The predicted octanol–water partition coefficient (Wildman–Crippen LogP) is 17.2. The van der Waals surface area contributed by atoms with Crippen LogP contribution in [0, 0.1) is 0 Å². The van der Waals surface area contributed by atoms with E-state index in [4.69, 9.17) is 4.42 Å². The Hall–Kier alpha value is -8.20. The number of rotatable bonds is 7. The third kappa shape index (κ3) is 6.12. The Morgan fingerprint density at radius 3 is 1.45 bits per heavy atom. The monoisotopic (exact) mass is 789 g/mol. The number of hydrogen-bond acceptors (Lipinski definition) is 2. The molecule has 0 saturated heterocycles. The molecule has 11 aromatic carbocycles. The molecule has 12 rings (SSSR count). The van der Waals surface area contributed by atoms with Gasteiger partial charge in [0.15, 0.2) is 0 Å². The molecule has 62 heavy (non-hydrogen) atoms. The van der Waals surface area contributed by atoms with Crippen LogP contribution in [0.3, 0.4) is 0 Å². The van der Waals surface area contributed by atoms with Gasteiger partial charge >= 0.3 is 0 Å². The number of anilines is 3. The van der Waals surface area contributed by atoms with Gasteiger partial charge in [-0.15, -0.1) is 0 Å². The molecule has 0 atom stereocenters. The van der Waals surface area contributed by atoms with E-state index in [0.717, 1.165) is 50.1 Å². The summed E-state index contributed by atoms with van der Waals surface area (Å²) in [5, 5.41) is 9.61. The van der Waals surface area contributed by atoms with Crippen molar-refractivity contribution < 1.29 is 4.42 Å². The lowest BCUT2D eigenvalue weighted by Crippen LogP contribution is -2.10. The molecule has 1 aromatic heterocycles. The van der Waals surface area contributed by atoms with Crippen LogP contribution < -0.4 is 4.90 Å². The summed E-state index contributed by atoms with van der Waals surface area (Å²) in [7, 11) is 0. The number of benzene rings is 11. The highest BCUT2D eigenvalue weighted by molar-refractivity contribution is 6.15. The van der Waals surface area contributed by atoms with Crippen molar-refractivity contribution in [2.75, 3.05) is 4.90 Å². The summed E-state index contributed by atoms with van der Waals surface area (Å²) >= 11 is 0. The average Bonchev–Trinajstić information content (AvgIpc) is 3.71. The van der Waals surface area contributed by atoms with E-state index in [2.05, 4.69) is 241 Å². The second-order valence-corrected chi connectivity index (χ2v) is 16.1. The maximum absolute atomic E-state index is 6.47. The fourth-order valence-electron chi connectivity index (χ4n) is 9.48.